The van der Waals surface area contributed by atoms with Crippen molar-refractivity contribution in [1.82, 2.24) is 0 Å². The van der Waals surface area contributed by atoms with Crippen LogP contribution in [0, 0.1) is 23.5 Å². The lowest BCUT2D eigenvalue weighted by molar-refractivity contribution is -0.179. The largest absolute Gasteiger partial charge is 0.457 e. The summed E-state index contributed by atoms with van der Waals surface area (Å²) < 4.78 is 132. The Morgan fingerprint density at radius 3 is 1.12 bits per heavy atom. The van der Waals surface area contributed by atoms with Crippen molar-refractivity contribution in [1.29, 1.82) is 0 Å². The summed E-state index contributed by atoms with van der Waals surface area (Å²) >= 11 is 0. The minimum atomic E-state index is -4.47. The molecule has 0 N–H and O–H groups in total. The van der Waals surface area contributed by atoms with E-state index in [0.717, 1.165) is 22.3 Å². The minimum Gasteiger partial charge on any atom is -0.457 e. The van der Waals surface area contributed by atoms with E-state index in [9.17, 15) is 26.3 Å². The second-order valence-corrected chi connectivity index (χ2v) is 16.5. The smallest absolute Gasteiger partial charge is 0.392 e. The molecule has 6 aromatic carbocycles. The van der Waals surface area contributed by atoms with Crippen LogP contribution in [0.15, 0.2) is 121 Å². The molecule has 0 saturated carbocycles. The third kappa shape index (κ3) is 13.3. The topological polar surface area (TPSA) is 27.7 Å². The van der Waals surface area contributed by atoms with Gasteiger partial charge in [-0.15, -0.1) is 0 Å². The first-order valence-corrected chi connectivity index (χ1v) is 21.9. The van der Waals surface area contributed by atoms with Crippen LogP contribution in [0.2, 0.25) is 0 Å². The molecule has 2 atom stereocenters. The van der Waals surface area contributed by atoms with Gasteiger partial charge in [-0.05, 0) is 118 Å². The molecular weight excluding hydrogens is 849 g/mol. The fraction of sp³-hybridized carbons (Fsp3) is 0.333. The van der Waals surface area contributed by atoms with Gasteiger partial charge in [0.15, 0.2) is 0 Å². The molecule has 3 nitrogen and oxygen atoms in total. The van der Waals surface area contributed by atoms with Gasteiger partial charge < -0.3 is 14.2 Å². The van der Waals surface area contributed by atoms with Crippen LogP contribution in [0.4, 0.5) is 35.1 Å². The van der Waals surface area contributed by atoms with Crippen LogP contribution < -0.4 is 4.74 Å². The number of hydrogen-bond donors (Lipinski definition) is 0. The number of halogens is 8. The van der Waals surface area contributed by atoms with Crippen molar-refractivity contribution < 1.29 is 49.3 Å². The second kappa shape index (κ2) is 22.1. The van der Waals surface area contributed by atoms with Gasteiger partial charge in [-0.1, -0.05) is 111 Å². The van der Waals surface area contributed by atoms with E-state index in [-0.39, 0.29) is 63.4 Å². The van der Waals surface area contributed by atoms with E-state index in [4.69, 9.17) is 14.2 Å². The maximum atomic E-state index is 15.1. The van der Waals surface area contributed by atoms with Gasteiger partial charge in [0.2, 0.25) is 0 Å². The van der Waals surface area contributed by atoms with E-state index in [0.29, 0.717) is 68.8 Å². The first kappa shape index (κ1) is 48.9. The zero-order chi connectivity index (χ0) is 46.7. The Kier molecular flexibility index (Phi) is 16.6. The molecular formula is C54H54F8O3. The molecule has 0 saturated heterocycles. The first-order chi connectivity index (χ1) is 31.1. The van der Waals surface area contributed by atoms with Gasteiger partial charge in [-0.2, -0.15) is 26.3 Å². The zero-order valence-corrected chi connectivity index (χ0v) is 37.0. The summed E-state index contributed by atoms with van der Waals surface area (Å²) in [6, 6.07) is 34.6. The summed E-state index contributed by atoms with van der Waals surface area (Å²) in [5, 5.41) is 0. The third-order valence-corrected chi connectivity index (χ3v) is 11.9. The van der Waals surface area contributed by atoms with Crippen LogP contribution in [-0.2, 0) is 48.0 Å². The lowest BCUT2D eigenvalue weighted by Gasteiger charge is -2.22. The predicted molar refractivity (Wildman–Crippen MR) is 240 cm³/mol. The molecule has 0 spiro atoms. The Bertz CT molecular complexity index is 2300. The van der Waals surface area contributed by atoms with Crippen molar-refractivity contribution in [3.63, 3.8) is 0 Å². The van der Waals surface area contributed by atoms with E-state index < -0.39 is 24.2 Å². The lowest BCUT2D eigenvalue weighted by Crippen LogP contribution is -2.26. The molecule has 0 aliphatic rings. The molecule has 11 heteroatoms. The highest BCUT2D eigenvalue weighted by atomic mass is 19.4. The lowest BCUT2D eigenvalue weighted by atomic mass is 9.92. The second-order valence-electron chi connectivity index (χ2n) is 16.5. The van der Waals surface area contributed by atoms with Gasteiger partial charge >= 0.3 is 12.4 Å². The molecule has 0 aromatic heterocycles. The minimum absolute atomic E-state index is 0.0626. The van der Waals surface area contributed by atoms with Crippen LogP contribution in [0.25, 0.3) is 22.3 Å². The van der Waals surface area contributed by atoms with Crippen molar-refractivity contribution in [2.24, 2.45) is 11.8 Å². The number of methoxy groups -OCH3 is 2. The summed E-state index contributed by atoms with van der Waals surface area (Å²) in [6.45, 7) is 3.77. The molecule has 0 bridgehead atoms. The van der Waals surface area contributed by atoms with Gasteiger partial charge in [0.25, 0.3) is 0 Å². The van der Waals surface area contributed by atoms with Crippen LogP contribution in [-0.4, -0.2) is 39.8 Å². The van der Waals surface area contributed by atoms with Crippen LogP contribution >= 0.6 is 0 Å². The Morgan fingerprint density at radius 2 is 0.800 bits per heavy atom. The van der Waals surface area contributed by atoms with E-state index in [1.165, 1.54) is 26.4 Å². The molecule has 0 heterocycles. The average molecular weight is 903 g/mol. The summed E-state index contributed by atoms with van der Waals surface area (Å²) in [4.78, 5) is 0. The number of alkyl halides is 6. The number of benzene rings is 6. The van der Waals surface area contributed by atoms with Gasteiger partial charge in [-0.25, -0.2) is 8.78 Å². The Morgan fingerprint density at radius 1 is 0.446 bits per heavy atom. The monoisotopic (exact) mass is 902 g/mol. The van der Waals surface area contributed by atoms with Crippen molar-refractivity contribution in [2.45, 2.75) is 77.6 Å². The molecule has 344 valence electrons. The number of hydrogen-bond acceptors (Lipinski definition) is 3. The van der Waals surface area contributed by atoms with Crippen molar-refractivity contribution in [2.75, 3.05) is 27.4 Å². The quantitative estimate of drug-likeness (QED) is 0.0715. The van der Waals surface area contributed by atoms with E-state index in [1.54, 1.807) is 72.8 Å². The molecule has 6 aromatic rings. The van der Waals surface area contributed by atoms with Crippen molar-refractivity contribution in [3.05, 3.63) is 177 Å². The van der Waals surface area contributed by atoms with Crippen LogP contribution in [0.1, 0.15) is 71.2 Å². The normalized spacial score (nSPS) is 12.9. The average Bonchev–Trinajstić information content (AvgIpc) is 3.27. The van der Waals surface area contributed by atoms with Crippen LogP contribution in [0.3, 0.4) is 0 Å². The molecule has 0 aliphatic heterocycles. The molecule has 0 fully saturated rings. The van der Waals surface area contributed by atoms with Gasteiger partial charge in [0, 0.05) is 51.4 Å². The summed E-state index contributed by atoms with van der Waals surface area (Å²) in [6.07, 6.45) is -8.09. The number of rotatable bonds is 20. The van der Waals surface area contributed by atoms with E-state index in [1.807, 2.05) is 50.2 Å². The van der Waals surface area contributed by atoms with Crippen molar-refractivity contribution >= 4 is 0 Å². The highest BCUT2D eigenvalue weighted by Gasteiger charge is 2.40. The van der Waals surface area contributed by atoms with Crippen LogP contribution in [0.5, 0.6) is 11.5 Å². The standard InChI is InChI=1S/C54H54F8O3/c1-5-35-11-19-47(49(55)33-35)41-15-7-37(8-16-41)27-43-29-39(31-45(23-25-63-3)53(57,58)59)13-21-51(43)65-52-22-14-40(32-46(24-26-64-4)54(60,61)62)30-44(52)28-38-9-17-42(18-10-38)48-20-12-36(6-2)34-50(48)56/h7-22,29-30,33-34,45-46H,5-6,23-28,31-32H2,1-4H3. The predicted octanol–water partition coefficient (Wildman–Crippen LogP) is 14.9. The molecule has 2 unspecified atom stereocenters. The Hall–Kier alpha value is -5.52. The molecule has 0 amide bonds. The summed E-state index contributed by atoms with van der Waals surface area (Å²) in [7, 11) is 2.72. The third-order valence-electron chi connectivity index (χ3n) is 11.9. The van der Waals surface area contributed by atoms with Gasteiger partial charge in [0.1, 0.15) is 23.1 Å². The fourth-order valence-corrected chi connectivity index (χ4v) is 8.04. The number of aryl methyl sites for hydroxylation is 2. The molecule has 65 heavy (non-hydrogen) atoms. The summed E-state index contributed by atoms with van der Waals surface area (Å²) in [5.41, 5.74) is 7.57. The van der Waals surface area contributed by atoms with Gasteiger partial charge in [-0.3, -0.25) is 0 Å². The number of ether oxygens (including phenoxy) is 3. The summed E-state index contributed by atoms with van der Waals surface area (Å²) in [5.74, 6) is -3.29. The SMILES string of the molecule is CCc1ccc(-c2ccc(Cc3cc(CC(CCOC)C(F)(F)F)ccc3Oc3ccc(CC(CCOC)C(F)(F)F)cc3Cc3ccc(-c4ccc(CC)cc4F)cc3)cc2)c(F)c1. The Labute approximate surface area is 376 Å². The molecule has 6 rings (SSSR count). The highest BCUT2D eigenvalue weighted by Crippen LogP contribution is 2.38. The maximum absolute atomic E-state index is 15.1. The Balaban J connectivity index is 1.37. The molecule has 0 aliphatic carbocycles. The van der Waals surface area contributed by atoms with Crippen molar-refractivity contribution in [3.8, 4) is 33.8 Å². The molecule has 0 radical (unpaired) electrons. The highest BCUT2D eigenvalue weighted by molar-refractivity contribution is 5.66. The first-order valence-electron chi connectivity index (χ1n) is 21.9. The fourth-order valence-electron chi connectivity index (χ4n) is 8.04. The van der Waals surface area contributed by atoms with Gasteiger partial charge in [0.05, 0.1) is 11.8 Å². The van der Waals surface area contributed by atoms with E-state index in [2.05, 4.69) is 0 Å². The maximum Gasteiger partial charge on any atom is 0.392 e. The van der Waals surface area contributed by atoms with E-state index >= 15 is 8.78 Å². The zero-order valence-electron chi connectivity index (χ0n) is 37.0.